The van der Waals surface area contributed by atoms with Crippen molar-refractivity contribution >= 4 is 27.5 Å². The van der Waals surface area contributed by atoms with Crippen LogP contribution in [0.5, 0.6) is 0 Å². The number of nitrogens with two attached hydrogens (primary N) is 1. The van der Waals surface area contributed by atoms with Gasteiger partial charge in [0.25, 0.3) is 0 Å². The number of rotatable bonds is 2. The quantitative estimate of drug-likeness (QED) is 0.544. The molecular weight excluding hydrogens is 258 g/mol. The fourth-order valence-corrected chi connectivity index (χ4v) is 2.79. The molecule has 0 radical (unpaired) electrons. The predicted octanol–water partition coefficient (Wildman–Crippen LogP) is 3.89. The molecule has 3 heteroatoms. The van der Waals surface area contributed by atoms with E-state index in [-0.39, 0.29) is 0 Å². The molecule has 0 aliphatic rings. The smallest absolute Gasteiger partial charge is 0.111 e. The van der Waals surface area contributed by atoms with Crippen LogP contribution in [0.2, 0.25) is 0 Å². The van der Waals surface area contributed by atoms with Gasteiger partial charge in [-0.2, -0.15) is 0 Å². The Morgan fingerprint density at radius 1 is 0.952 bits per heavy atom. The van der Waals surface area contributed by atoms with Gasteiger partial charge in [-0.05, 0) is 34.5 Å². The molecule has 4 aromatic rings. The Balaban J connectivity index is 1.79. The lowest BCUT2D eigenvalue weighted by atomic mass is 10.0. The number of aromatic amines is 1. The first-order valence-corrected chi connectivity index (χ1v) is 7.00. The summed E-state index contributed by atoms with van der Waals surface area (Å²) in [5.41, 5.74) is 9.79. The summed E-state index contributed by atoms with van der Waals surface area (Å²) in [5.74, 6) is 0.965. The van der Waals surface area contributed by atoms with Crippen molar-refractivity contribution in [1.82, 2.24) is 9.97 Å². The SMILES string of the molecule is Nc1ccc2nc(Cc3cccc4ccccc34)[nH]c2c1. The van der Waals surface area contributed by atoms with Gasteiger partial charge in [0.05, 0.1) is 11.0 Å². The number of nitrogen functional groups attached to an aromatic ring is 1. The zero-order valence-electron chi connectivity index (χ0n) is 11.5. The monoisotopic (exact) mass is 273 g/mol. The Kier molecular flexibility index (Phi) is 2.64. The fourth-order valence-electron chi connectivity index (χ4n) is 2.79. The molecule has 0 bridgehead atoms. The van der Waals surface area contributed by atoms with Crippen molar-refractivity contribution in [1.29, 1.82) is 0 Å². The van der Waals surface area contributed by atoms with Crippen LogP contribution in [-0.2, 0) is 6.42 Å². The highest BCUT2D eigenvalue weighted by Crippen LogP contribution is 2.22. The molecule has 3 N–H and O–H groups in total. The molecule has 0 amide bonds. The topological polar surface area (TPSA) is 54.7 Å². The zero-order valence-corrected chi connectivity index (χ0v) is 11.5. The van der Waals surface area contributed by atoms with E-state index in [1.165, 1.54) is 16.3 Å². The van der Waals surface area contributed by atoms with Crippen LogP contribution < -0.4 is 5.73 Å². The molecule has 0 spiro atoms. The first-order valence-electron chi connectivity index (χ1n) is 7.00. The lowest BCUT2D eigenvalue weighted by molar-refractivity contribution is 1.05. The molecule has 0 aliphatic heterocycles. The summed E-state index contributed by atoms with van der Waals surface area (Å²) >= 11 is 0. The second-order valence-corrected chi connectivity index (χ2v) is 5.28. The molecule has 102 valence electrons. The van der Waals surface area contributed by atoms with Crippen molar-refractivity contribution in [3.63, 3.8) is 0 Å². The number of fused-ring (bicyclic) bond motifs is 2. The molecular formula is C18H15N3. The Bertz CT molecular complexity index is 932. The first kappa shape index (κ1) is 12.0. The minimum absolute atomic E-state index is 0.753. The van der Waals surface area contributed by atoms with E-state index in [9.17, 15) is 0 Å². The van der Waals surface area contributed by atoms with Crippen LogP contribution in [-0.4, -0.2) is 9.97 Å². The maximum atomic E-state index is 5.81. The van der Waals surface area contributed by atoms with Gasteiger partial charge in [-0.3, -0.25) is 0 Å². The van der Waals surface area contributed by atoms with Crippen LogP contribution in [0.25, 0.3) is 21.8 Å². The number of hydrogen-bond acceptors (Lipinski definition) is 2. The van der Waals surface area contributed by atoms with Gasteiger partial charge < -0.3 is 10.7 Å². The van der Waals surface area contributed by atoms with Crippen LogP contribution in [0.1, 0.15) is 11.4 Å². The van der Waals surface area contributed by atoms with Gasteiger partial charge in [0.1, 0.15) is 5.82 Å². The van der Waals surface area contributed by atoms with E-state index < -0.39 is 0 Å². The Hall–Kier alpha value is -2.81. The van der Waals surface area contributed by atoms with Crippen LogP contribution in [0.15, 0.2) is 60.7 Å². The molecule has 1 aromatic heterocycles. The molecule has 0 fully saturated rings. The number of hydrogen-bond donors (Lipinski definition) is 2. The number of imidazole rings is 1. The minimum Gasteiger partial charge on any atom is -0.399 e. The lowest BCUT2D eigenvalue weighted by Crippen LogP contribution is -1.91. The number of aromatic nitrogens is 2. The van der Waals surface area contributed by atoms with E-state index in [4.69, 9.17) is 5.73 Å². The van der Waals surface area contributed by atoms with Crippen LogP contribution in [0, 0.1) is 0 Å². The molecule has 3 nitrogen and oxygen atoms in total. The standard InChI is InChI=1S/C18H15N3/c19-14-8-9-16-17(11-14)21-18(20-16)10-13-6-3-5-12-4-1-2-7-15(12)13/h1-9,11H,10,19H2,(H,20,21). The van der Waals surface area contributed by atoms with Crippen LogP contribution in [0.4, 0.5) is 5.69 Å². The third kappa shape index (κ3) is 2.13. The molecule has 4 rings (SSSR count). The number of anilines is 1. The normalized spacial score (nSPS) is 11.2. The summed E-state index contributed by atoms with van der Waals surface area (Å²) in [6, 6.07) is 20.6. The average molecular weight is 273 g/mol. The van der Waals surface area contributed by atoms with Gasteiger partial charge in [0, 0.05) is 12.1 Å². The van der Waals surface area contributed by atoms with E-state index in [1.807, 2.05) is 18.2 Å². The molecule has 0 saturated heterocycles. The van der Waals surface area contributed by atoms with Crippen molar-refractivity contribution in [3.8, 4) is 0 Å². The van der Waals surface area contributed by atoms with Gasteiger partial charge in [-0.25, -0.2) is 4.98 Å². The largest absolute Gasteiger partial charge is 0.399 e. The highest BCUT2D eigenvalue weighted by Gasteiger charge is 2.06. The highest BCUT2D eigenvalue weighted by atomic mass is 14.9. The second-order valence-electron chi connectivity index (χ2n) is 5.28. The molecule has 1 heterocycles. The van der Waals surface area contributed by atoms with Crippen molar-refractivity contribution < 1.29 is 0 Å². The second kappa shape index (κ2) is 4.63. The summed E-state index contributed by atoms with van der Waals surface area (Å²) in [6.07, 6.45) is 0.788. The number of H-pyrrole nitrogens is 1. The average Bonchev–Trinajstić information content (AvgIpc) is 2.89. The number of nitrogens with one attached hydrogen (secondary N) is 1. The van der Waals surface area contributed by atoms with Gasteiger partial charge in [-0.15, -0.1) is 0 Å². The van der Waals surface area contributed by atoms with E-state index >= 15 is 0 Å². The summed E-state index contributed by atoms with van der Waals surface area (Å²) in [5, 5.41) is 2.54. The van der Waals surface area contributed by atoms with Crippen LogP contribution >= 0.6 is 0 Å². The Labute approximate surface area is 122 Å². The molecule has 3 aromatic carbocycles. The van der Waals surface area contributed by atoms with Gasteiger partial charge in [0.15, 0.2) is 0 Å². The number of benzene rings is 3. The third-order valence-electron chi connectivity index (χ3n) is 3.79. The van der Waals surface area contributed by atoms with Crippen molar-refractivity contribution in [2.24, 2.45) is 0 Å². The third-order valence-corrected chi connectivity index (χ3v) is 3.79. The van der Waals surface area contributed by atoms with Crippen molar-refractivity contribution in [2.45, 2.75) is 6.42 Å². The molecule has 0 aliphatic carbocycles. The molecule has 0 unspecified atom stereocenters. The number of nitrogens with zero attached hydrogens (tertiary/aromatic N) is 1. The van der Waals surface area contributed by atoms with E-state index in [2.05, 4.69) is 52.4 Å². The van der Waals surface area contributed by atoms with Crippen molar-refractivity contribution in [3.05, 3.63) is 72.1 Å². The van der Waals surface area contributed by atoms with Gasteiger partial charge >= 0.3 is 0 Å². The predicted molar refractivity (Wildman–Crippen MR) is 87.3 cm³/mol. The van der Waals surface area contributed by atoms with E-state index in [0.29, 0.717) is 0 Å². The maximum Gasteiger partial charge on any atom is 0.111 e. The van der Waals surface area contributed by atoms with Gasteiger partial charge in [0.2, 0.25) is 0 Å². The summed E-state index contributed by atoms with van der Waals surface area (Å²) < 4.78 is 0. The molecule has 0 atom stereocenters. The molecule has 0 saturated carbocycles. The lowest BCUT2D eigenvalue weighted by Gasteiger charge is -2.04. The first-order chi connectivity index (χ1) is 10.3. The highest BCUT2D eigenvalue weighted by molar-refractivity contribution is 5.86. The zero-order chi connectivity index (χ0) is 14.2. The Morgan fingerprint density at radius 2 is 1.81 bits per heavy atom. The summed E-state index contributed by atoms with van der Waals surface area (Å²) in [4.78, 5) is 8.00. The van der Waals surface area contributed by atoms with E-state index in [0.717, 1.165) is 29.0 Å². The van der Waals surface area contributed by atoms with Crippen molar-refractivity contribution in [2.75, 3.05) is 5.73 Å². The summed E-state index contributed by atoms with van der Waals surface area (Å²) in [6.45, 7) is 0. The van der Waals surface area contributed by atoms with Gasteiger partial charge in [-0.1, -0.05) is 42.5 Å². The fraction of sp³-hybridized carbons (Fsp3) is 0.0556. The minimum atomic E-state index is 0.753. The van der Waals surface area contributed by atoms with E-state index in [1.54, 1.807) is 0 Å². The molecule has 21 heavy (non-hydrogen) atoms. The Morgan fingerprint density at radius 3 is 2.76 bits per heavy atom. The summed E-state index contributed by atoms with van der Waals surface area (Å²) in [7, 11) is 0. The van der Waals surface area contributed by atoms with Crippen LogP contribution in [0.3, 0.4) is 0 Å². The maximum absolute atomic E-state index is 5.81.